The van der Waals surface area contributed by atoms with Crippen LogP contribution in [0, 0.1) is 0 Å². The molecule has 0 bridgehead atoms. The van der Waals surface area contributed by atoms with Gasteiger partial charge in [-0.3, -0.25) is 9.59 Å². The molecule has 0 heterocycles. The molecule has 0 spiro atoms. The molecule has 2 aromatic rings. The van der Waals surface area contributed by atoms with Crippen LogP contribution in [0.3, 0.4) is 0 Å². The third kappa shape index (κ3) is 6.87. The molecule has 0 atom stereocenters. The number of likely N-dealkylation sites (N-methyl/N-ethyl adjacent to an activating group) is 1. The Hall–Kier alpha value is -3.15. The van der Waals surface area contributed by atoms with Crippen molar-refractivity contribution in [2.24, 2.45) is 0 Å². The Morgan fingerprint density at radius 1 is 0.821 bits per heavy atom. The number of urea groups is 1. The smallest absolute Gasteiger partial charge is 0.319 e. The molecule has 28 heavy (non-hydrogen) atoms. The molecule has 148 valence electrons. The van der Waals surface area contributed by atoms with Gasteiger partial charge in [-0.1, -0.05) is 61.4 Å². The molecule has 6 heteroatoms. The first kappa shape index (κ1) is 21.2. The van der Waals surface area contributed by atoms with Gasteiger partial charge in [0.05, 0.1) is 5.69 Å². The predicted octanol–water partition coefficient (Wildman–Crippen LogP) is 3.74. The number of carbonyl (C=O) groups excluding carboxylic acids is 3. The number of hydrogen-bond donors (Lipinski definition) is 3. The van der Waals surface area contributed by atoms with Crippen LogP contribution in [0.5, 0.6) is 0 Å². The molecule has 3 amide bonds. The minimum Gasteiger partial charge on any atom is -0.353 e. The number of amides is 3. The summed E-state index contributed by atoms with van der Waals surface area (Å²) in [6.45, 7) is 0.558. The second kappa shape index (κ2) is 11.5. The Bertz CT molecular complexity index is 791. The third-order valence-electron chi connectivity index (χ3n) is 4.36. The van der Waals surface area contributed by atoms with E-state index in [0.29, 0.717) is 13.0 Å². The normalized spacial score (nSPS) is 10.2. The van der Waals surface area contributed by atoms with Gasteiger partial charge < -0.3 is 16.0 Å². The molecule has 0 fully saturated rings. The van der Waals surface area contributed by atoms with Crippen molar-refractivity contribution in [2.45, 2.75) is 32.1 Å². The topological polar surface area (TPSA) is 87.3 Å². The molecular formula is C22H27N3O3. The summed E-state index contributed by atoms with van der Waals surface area (Å²) >= 11 is 0. The summed E-state index contributed by atoms with van der Waals surface area (Å²) in [5, 5.41) is 8.09. The van der Waals surface area contributed by atoms with E-state index < -0.39 is 5.91 Å². The molecule has 0 unspecified atom stereocenters. The highest BCUT2D eigenvalue weighted by atomic mass is 16.2. The Labute approximate surface area is 165 Å². The van der Waals surface area contributed by atoms with Gasteiger partial charge in [-0.05, 0) is 24.5 Å². The zero-order chi connectivity index (χ0) is 20.2. The monoisotopic (exact) mass is 381 g/mol. The van der Waals surface area contributed by atoms with Crippen molar-refractivity contribution in [3.8, 4) is 11.1 Å². The SMILES string of the molecule is CNC(=O)C(=O)CCCCCCNC(=O)Nc1ccccc1-c1ccccc1. The fourth-order valence-corrected chi connectivity index (χ4v) is 2.85. The van der Waals surface area contributed by atoms with Crippen molar-refractivity contribution in [3.63, 3.8) is 0 Å². The molecule has 2 aromatic carbocycles. The number of anilines is 1. The number of nitrogens with one attached hydrogen (secondary N) is 3. The van der Waals surface area contributed by atoms with E-state index in [9.17, 15) is 14.4 Å². The van der Waals surface area contributed by atoms with Crippen molar-refractivity contribution in [1.82, 2.24) is 10.6 Å². The fraction of sp³-hybridized carbons (Fsp3) is 0.318. The standard InChI is InChI=1S/C22H27N3O3/c1-23-21(27)20(26)15-7-2-3-10-16-24-22(28)25-19-14-9-8-13-18(19)17-11-5-4-6-12-17/h4-6,8-9,11-14H,2-3,7,10,15-16H2,1H3,(H,23,27)(H2,24,25,28). The number of para-hydroxylation sites is 1. The predicted molar refractivity (Wildman–Crippen MR) is 111 cm³/mol. The van der Waals surface area contributed by atoms with Gasteiger partial charge in [-0.2, -0.15) is 0 Å². The number of unbranched alkanes of at least 4 members (excludes halogenated alkanes) is 3. The summed E-state index contributed by atoms with van der Waals surface area (Å²) in [5.74, 6) is -0.911. The third-order valence-corrected chi connectivity index (χ3v) is 4.36. The first-order valence-corrected chi connectivity index (χ1v) is 9.56. The van der Waals surface area contributed by atoms with Crippen LogP contribution in [0.1, 0.15) is 32.1 Å². The van der Waals surface area contributed by atoms with E-state index in [4.69, 9.17) is 0 Å². The van der Waals surface area contributed by atoms with Gasteiger partial charge >= 0.3 is 6.03 Å². The molecule has 0 saturated heterocycles. The highest BCUT2D eigenvalue weighted by Crippen LogP contribution is 2.27. The maximum Gasteiger partial charge on any atom is 0.319 e. The zero-order valence-electron chi connectivity index (χ0n) is 16.2. The number of Topliss-reactive ketones (excluding diaryl/α,β-unsaturated/α-hetero) is 1. The van der Waals surface area contributed by atoms with Crippen molar-refractivity contribution < 1.29 is 14.4 Å². The van der Waals surface area contributed by atoms with Crippen LogP contribution < -0.4 is 16.0 Å². The lowest BCUT2D eigenvalue weighted by Crippen LogP contribution is -2.29. The summed E-state index contributed by atoms with van der Waals surface area (Å²) in [6, 6.07) is 17.4. The molecule has 0 saturated carbocycles. The van der Waals surface area contributed by atoms with Crippen LogP contribution >= 0.6 is 0 Å². The fourth-order valence-electron chi connectivity index (χ4n) is 2.85. The van der Waals surface area contributed by atoms with Crippen LogP contribution in [0.4, 0.5) is 10.5 Å². The van der Waals surface area contributed by atoms with E-state index in [2.05, 4.69) is 16.0 Å². The maximum atomic E-state index is 12.2. The number of hydrogen-bond acceptors (Lipinski definition) is 3. The van der Waals surface area contributed by atoms with E-state index in [0.717, 1.165) is 36.1 Å². The van der Waals surface area contributed by atoms with Gasteiger partial charge in [0.15, 0.2) is 0 Å². The summed E-state index contributed by atoms with van der Waals surface area (Å²) in [6.07, 6.45) is 3.51. The largest absolute Gasteiger partial charge is 0.353 e. The summed E-state index contributed by atoms with van der Waals surface area (Å²) in [7, 11) is 1.45. The molecule has 3 N–H and O–H groups in total. The highest BCUT2D eigenvalue weighted by molar-refractivity contribution is 6.36. The Morgan fingerprint density at radius 3 is 2.25 bits per heavy atom. The van der Waals surface area contributed by atoms with Crippen molar-refractivity contribution in [2.75, 3.05) is 18.9 Å². The molecule has 0 aliphatic heterocycles. The number of rotatable bonds is 10. The summed E-state index contributed by atoms with van der Waals surface area (Å²) in [4.78, 5) is 34.7. The van der Waals surface area contributed by atoms with Crippen LogP contribution in [0.15, 0.2) is 54.6 Å². The van der Waals surface area contributed by atoms with Gasteiger partial charge in [-0.15, -0.1) is 0 Å². The molecule has 0 aliphatic carbocycles. The minimum atomic E-state index is -0.533. The average molecular weight is 381 g/mol. The van der Waals surface area contributed by atoms with E-state index in [1.165, 1.54) is 7.05 Å². The van der Waals surface area contributed by atoms with Gasteiger partial charge in [0.1, 0.15) is 0 Å². The van der Waals surface area contributed by atoms with Crippen LogP contribution in [-0.4, -0.2) is 31.3 Å². The van der Waals surface area contributed by atoms with Gasteiger partial charge in [0.25, 0.3) is 5.91 Å². The average Bonchev–Trinajstić information content (AvgIpc) is 2.73. The van der Waals surface area contributed by atoms with Gasteiger partial charge in [-0.25, -0.2) is 4.79 Å². The van der Waals surface area contributed by atoms with Crippen molar-refractivity contribution in [3.05, 3.63) is 54.6 Å². The lowest BCUT2D eigenvalue weighted by atomic mass is 10.0. The Balaban J connectivity index is 1.69. The minimum absolute atomic E-state index is 0.238. The second-order valence-corrected chi connectivity index (χ2v) is 6.46. The highest BCUT2D eigenvalue weighted by Gasteiger charge is 2.10. The summed E-state index contributed by atoms with van der Waals surface area (Å²) < 4.78 is 0. The van der Waals surface area contributed by atoms with E-state index in [-0.39, 0.29) is 18.2 Å². The number of benzene rings is 2. The molecule has 6 nitrogen and oxygen atoms in total. The van der Waals surface area contributed by atoms with E-state index in [1.54, 1.807) is 0 Å². The van der Waals surface area contributed by atoms with Crippen LogP contribution in [0.25, 0.3) is 11.1 Å². The lowest BCUT2D eigenvalue weighted by Gasteiger charge is -2.12. The quantitative estimate of drug-likeness (QED) is 0.433. The summed E-state index contributed by atoms with van der Waals surface area (Å²) in [5.41, 5.74) is 2.78. The van der Waals surface area contributed by atoms with Crippen LogP contribution in [0.2, 0.25) is 0 Å². The first-order chi connectivity index (χ1) is 13.6. The maximum absolute atomic E-state index is 12.2. The van der Waals surface area contributed by atoms with Crippen LogP contribution in [-0.2, 0) is 9.59 Å². The van der Waals surface area contributed by atoms with Crippen molar-refractivity contribution >= 4 is 23.4 Å². The molecule has 0 aromatic heterocycles. The number of carbonyl (C=O) groups is 3. The molecule has 0 aliphatic rings. The molecule has 0 radical (unpaired) electrons. The number of ketones is 1. The van der Waals surface area contributed by atoms with E-state index >= 15 is 0 Å². The molecule has 2 rings (SSSR count). The van der Waals surface area contributed by atoms with Gasteiger partial charge in [0, 0.05) is 25.6 Å². The zero-order valence-corrected chi connectivity index (χ0v) is 16.2. The second-order valence-electron chi connectivity index (χ2n) is 6.46. The Morgan fingerprint density at radius 2 is 1.50 bits per heavy atom. The van der Waals surface area contributed by atoms with E-state index in [1.807, 2.05) is 54.6 Å². The lowest BCUT2D eigenvalue weighted by molar-refractivity contribution is -0.137. The Kier molecular flexibility index (Phi) is 8.72. The van der Waals surface area contributed by atoms with Crippen molar-refractivity contribution in [1.29, 1.82) is 0 Å². The first-order valence-electron chi connectivity index (χ1n) is 9.56. The van der Waals surface area contributed by atoms with Gasteiger partial charge in [0.2, 0.25) is 5.78 Å². The molecular weight excluding hydrogens is 354 g/mol.